The third-order valence-electron chi connectivity index (χ3n) is 4.19. The number of nitrogens with zero attached hydrogens (tertiary/aromatic N) is 2. The van der Waals surface area contributed by atoms with E-state index in [9.17, 15) is 9.90 Å². The molecule has 0 bridgehead atoms. The number of hydrogen-bond donors (Lipinski definition) is 3. The van der Waals surface area contributed by atoms with Gasteiger partial charge in [0.25, 0.3) is 5.91 Å². The van der Waals surface area contributed by atoms with Crippen molar-refractivity contribution in [3.05, 3.63) is 52.8 Å². The van der Waals surface area contributed by atoms with Crippen LogP contribution in [0.5, 0.6) is 5.75 Å². The van der Waals surface area contributed by atoms with Gasteiger partial charge in [0.1, 0.15) is 5.75 Å². The number of benzene rings is 1. The summed E-state index contributed by atoms with van der Waals surface area (Å²) >= 11 is 0. The largest absolute Gasteiger partial charge is 0.508 e. The number of aromatic nitrogens is 1. The van der Waals surface area contributed by atoms with Crippen LogP contribution in [0, 0.1) is 6.92 Å². The molecule has 0 aliphatic heterocycles. The van der Waals surface area contributed by atoms with Crippen molar-refractivity contribution in [3.63, 3.8) is 0 Å². The summed E-state index contributed by atoms with van der Waals surface area (Å²) in [5.41, 5.74) is 13.7. The lowest BCUT2D eigenvalue weighted by molar-refractivity contribution is 0.100. The molecule has 0 unspecified atom stereocenters. The minimum Gasteiger partial charge on any atom is -0.508 e. The van der Waals surface area contributed by atoms with Gasteiger partial charge in [0.15, 0.2) is 5.96 Å². The van der Waals surface area contributed by atoms with Crippen LogP contribution in [0.15, 0.2) is 35.3 Å². The van der Waals surface area contributed by atoms with Crippen LogP contribution in [0.2, 0.25) is 0 Å². The van der Waals surface area contributed by atoms with Gasteiger partial charge >= 0.3 is 0 Å². The normalized spacial score (nSPS) is 11.4. The highest BCUT2D eigenvalue weighted by Crippen LogP contribution is 2.29. The van der Waals surface area contributed by atoms with Crippen LogP contribution < -0.4 is 11.5 Å². The first-order chi connectivity index (χ1) is 11.6. The molecule has 0 aliphatic carbocycles. The second kappa shape index (κ2) is 7.01. The Hall–Kier alpha value is -2.76. The summed E-state index contributed by atoms with van der Waals surface area (Å²) in [4.78, 5) is 16.0. The maximum atomic E-state index is 12.3. The first-order valence-electron chi connectivity index (χ1n) is 8.22. The maximum Gasteiger partial charge on any atom is 0.282 e. The van der Waals surface area contributed by atoms with Crippen LogP contribution in [0.25, 0.3) is 0 Å². The Labute approximate surface area is 148 Å². The second-order valence-corrected chi connectivity index (χ2v) is 7.15. The predicted molar refractivity (Wildman–Crippen MR) is 99.8 cm³/mol. The number of carbonyl (C=O) groups is 1. The van der Waals surface area contributed by atoms with E-state index in [1.165, 1.54) is 0 Å². The Bertz CT molecular complexity index is 809. The van der Waals surface area contributed by atoms with Crippen molar-refractivity contribution in [3.8, 4) is 5.75 Å². The highest BCUT2D eigenvalue weighted by molar-refractivity contribution is 6.02. The third kappa shape index (κ3) is 4.21. The van der Waals surface area contributed by atoms with E-state index in [1.807, 2.05) is 25.1 Å². The number of aryl methyl sites for hydroxylation is 1. The summed E-state index contributed by atoms with van der Waals surface area (Å²) < 4.78 is 2.10. The minimum absolute atomic E-state index is 0.153. The van der Waals surface area contributed by atoms with Crippen molar-refractivity contribution in [1.29, 1.82) is 0 Å². The lowest BCUT2D eigenvalue weighted by Gasteiger charge is -2.22. The SMILES string of the molecule is Cc1c(C(=O)N=C(N)N)cc(C(C)(C)C)n1CCc1ccccc1O. The highest BCUT2D eigenvalue weighted by Gasteiger charge is 2.25. The van der Waals surface area contributed by atoms with Gasteiger partial charge in [-0.05, 0) is 31.0 Å². The molecule has 0 spiro atoms. The summed E-state index contributed by atoms with van der Waals surface area (Å²) in [6.07, 6.45) is 0.654. The van der Waals surface area contributed by atoms with E-state index in [0.29, 0.717) is 18.5 Å². The number of rotatable bonds is 4. The third-order valence-corrected chi connectivity index (χ3v) is 4.19. The molecule has 0 saturated heterocycles. The molecule has 2 aromatic rings. The molecule has 0 atom stereocenters. The second-order valence-electron chi connectivity index (χ2n) is 7.15. The zero-order valence-corrected chi connectivity index (χ0v) is 15.2. The van der Waals surface area contributed by atoms with Gasteiger partial charge in [0.05, 0.1) is 5.56 Å². The van der Waals surface area contributed by atoms with Crippen LogP contribution in [0.1, 0.15) is 48.1 Å². The first kappa shape index (κ1) is 18.6. The van der Waals surface area contributed by atoms with E-state index < -0.39 is 5.91 Å². The van der Waals surface area contributed by atoms with Gasteiger partial charge in [0, 0.05) is 23.3 Å². The van der Waals surface area contributed by atoms with Crippen molar-refractivity contribution in [1.82, 2.24) is 4.57 Å². The summed E-state index contributed by atoms with van der Waals surface area (Å²) in [6, 6.07) is 9.13. The standard InChI is InChI=1S/C19H26N4O2/c1-12-14(17(25)22-18(20)21)11-16(19(2,3)4)23(12)10-9-13-7-5-6-8-15(13)24/h5-8,11,24H,9-10H2,1-4H3,(H4,20,21,22,25). The average Bonchev–Trinajstić information content (AvgIpc) is 2.83. The number of aromatic hydroxyl groups is 1. The number of phenolic OH excluding ortho intramolecular Hbond substituents is 1. The van der Waals surface area contributed by atoms with E-state index >= 15 is 0 Å². The fourth-order valence-electron chi connectivity index (χ4n) is 2.90. The molecule has 25 heavy (non-hydrogen) atoms. The summed E-state index contributed by atoms with van der Waals surface area (Å²) in [5.74, 6) is -0.408. The highest BCUT2D eigenvalue weighted by atomic mass is 16.3. The lowest BCUT2D eigenvalue weighted by atomic mass is 9.91. The number of amides is 1. The summed E-state index contributed by atoms with van der Waals surface area (Å²) in [5, 5.41) is 9.97. The van der Waals surface area contributed by atoms with E-state index in [2.05, 4.69) is 30.3 Å². The molecule has 0 radical (unpaired) electrons. The molecule has 134 valence electrons. The molecule has 1 aromatic heterocycles. The Balaban J connectivity index is 2.42. The molecule has 6 nitrogen and oxygen atoms in total. The minimum atomic E-state index is -0.440. The molecule has 1 heterocycles. The van der Waals surface area contributed by atoms with Crippen molar-refractivity contribution in [2.45, 2.75) is 46.1 Å². The Kier molecular flexibility index (Phi) is 5.21. The number of hydrogen-bond acceptors (Lipinski definition) is 2. The van der Waals surface area contributed by atoms with Gasteiger partial charge in [-0.15, -0.1) is 0 Å². The molecule has 0 aliphatic rings. The van der Waals surface area contributed by atoms with Crippen molar-refractivity contribution in [2.75, 3.05) is 0 Å². The smallest absolute Gasteiger partial charge is 0.282 e. The zero-order valence-electron chi connectivity index (χ0n) is 15.2. The maximum absolute atomic E-state index is 12.3. The molecular weight excluding hydrogens is 316 g/mol. The predicted octanol–water partition coefficient (Wildman–Crippen LogP) is 2.46. The molecule has 0 saturated carbocycles. The molecule has 6 heteroatoms. The Morgan fingerprint density at radius 2 is 1.88 bits per heavy atom. The van der Waals surface area contributed by atoms with Gasteiger partial charge in [-0.25, -0.2) is 0 Å². The van der Waals surface area contributed by atoms with E-state index in [4.69, 9.17) is 11.5 Å². The van der Waals surface area contributed by atoms with Crippen molar-refractivity contribution >= 4 is 11.9 Å². The zero-order chi connectivity index (χ0) is 18.8. The van der Waals surface area contributed by atoms with E-state index in [0.717, 1.165) is 17.0 Å². The van der Waals surface area contributed by atoms with Crippen LogP contribution in [0.4, 0.5) is 0 Å². The Morgan fingerprint density at radius 3 is 2.44 bits per heavy atom. The van der Waals surface area contributed by atoms with E-state index in [-0.39, 0.29) is 17.1 Å². The quantitative estimate of drug-likeness (QED) is 0.586. The fraction of sp³-hybridized carbons (Fsp3) is 0.368. The van der Waals surface area contributed by atoms with Gasteiger partial charge in [-0.1, -0.05) is 39.0 Å². The Morgan fingerprint density at radius 1 is 1.24 bits per heavy atom. The molecule has 0 fully saturated rings. The number of para-hydroxylation sites is 1. The van der Waals surface area contributed by atoms with Crippen LogP contribution >= 0.6 is 0 Å². The monoisotopic (exact) mass is 342 g/mol. The lowest BCUT2D eigenvalue weighted by Crippen LogP contribution is -2.24. The van der Waals surface area contributed by atoms with Gasteiger partial charge < -0.3 is 21.1 Å². The summed E-state index contributed by atoms with van der Waals surface area (Å²) in [6.45, 7) is 8.80. The number of phenols is 1. The molecule has 1 aromatic carbocycles. The number of guanidine groups is 1. The fourth-order valence-corrected chi connectivity index (χ4v) is 2.90. The number of carbonyl (C=O) groups excluding carboxylic acids is 1. The van der Waals surface area contributed by atoms with Crippen LogP contribution in [-0.4, -0.2) is 21.5 Å². The van der Waals surface area contributed by atoms with Gasteiger partial charge in [0.2, 0.25) is 0 Å². The van der Waals surface area contributed by atoms with Gasteiger partial charge in [-0.3, -0.25) is 4.79 Å². The topological polar surface area (TPSA) is 107 Å². The van der Waals surface area contributed by atoms with Gasteiger partial charge in [-0.2, -0.15) is 4.99 Å². The van der Waals surface area contributed by atoms with Crippen LogP contribution in [0.3, 0.4) is 0 Å². The number of aliphatic imine (C=N–C) groups is 1. The summed E-state index contributed by atoms with van der Waals surface area (Å²) in [7, 11) is 0. The van der Waals surface area contributed by atoms with Crippen molar-refractivity contribution in [2.24, 2.45) is 16.5 Å². The molecule has 1 amide bonds. The molecule has 5 N–H and O–H groups in total. The van der Waals surface area contributed by atoms with Crippen molar-refractivity contribution < 1.29 is 9.90 Å². The molecule has 2 rings (SSSR count). The van der Waals surface area contributed by atoms with Crippen LogP contribution in [-0.2, 0) is 18.4 Å². The average molecular weight is 342 g/mol. The first-order valence-corrected chi connectivity index (χ1v) is 8.22. The number of nitrogens with two attached hydrogens (primary N) is 2. The molecular formula is C19H26N4O2. The van der Waals surface area contributed by atoms with E-state index in [1.54, 1.807) is 12.1 Å².